The molecule has 1 fully saturated rings. The maximum absolute atomic E-state index is 11.6. The van der Waals surface area contributed by atoms with Crippen molar-refractivity contribution in [2.24, 2.45) is 5.92 Å². The lowest BCUT2D eigenvalue weighted by Gasteiger charge is -2.39. The van der Waals surface area contributed by atoms with Gasteiger partial charge in [-0.25, -0.2) is 0 Å². The molecule has 1 atom stereocenters. The molecule has 0 aromatic heterocycles. The molecular weight excluding hydrogens is 264 g/mol. The van der Waals surface area contributed by atoms with Gasteiger partial charge in [0.25, 0.3) is 0 Å². The average molecular weight is 283 g/mol. The minimum Gasteiger partial charge on any atom is -0.481 e. The van der Waals surface area contributed by atoms with Gasteiger partial charge in [-0.2, -0.15) is 0 Å². The number of halogens is 1. The maximum atomic E-state index is 11.6. The van der Waals surface area contributed by atoms with Crippen molar-refractivity contribution in [2.45, 2.75) is 44.1 Å². The van der Waals surface area contributed by atoms with Crippen LogP contribution in [-0.2, 0) is 4.79 Å². The van der Waals surface area contributed by atoms with E-state index < -0.39 is 17.5 Å². The molecule has 2 rings (SSSR count). The number of aliphatic hydroxyl groups is 1. The zero-order chi connectivity index (χ0) is 14.0. The Morgan fingerprint density at radius 1 is 1.42 bits per heavy atom. The number of aliphatic carboxylic acids is 1. The van der Waals surface area contributed by atoms with Gasteiger partial charge in [-0.3, -0.25) is 4.79 Å². The lowest BCUT2D eigenvalue weighted by Crippen LogP contribution is -2.43. The van der Waals surface area contributed by atoms with E-state index in [0.717, 1.165) is 12.8 Å². The molecule has 1 aliphatic carbocycles. The molecule has 3 nitrogen and oxygen atoms in total. The van der Waals surface area contributed by atoms with E-state index in [4.69, 9.17) is 11.6 Å². The number of carbonyl (C=O) groups is 1. The Labute approximate surface area is 118 Å². The molecule has 4 heteroatoms. The smallest absolute Gasteiger partial charge is 0.313 e. The molecule has 0 radical (unpaired) electrons. The highest BCUT2D eigenvalue weighted by molar-refractivity contribution is 6.30. The number of hydrogen-bond donors (Lipinski definition) is 2. The maximum Gasteiger partial charge on any atom is 0.313 e. The number of rotatable bonds is 3. The van der Waals surface area contributed by atoms with Crippen LogP contribution in [0, 0.1) is 5.92 Å². The van der Waals surface area contributed by atoms with E-state index in [0.29, 0.717) is 29.3 Å². The third kappa shape index (κ3) is 3.10. The van der Waals surface area contributed by atoms with Crippen molar-refractivity contribution in [3.8, 4) is 0 Å². The molecule has 0 heterocycles. The number of hydrogen-bond acceptors (Lipinski definition) is 2. The van der Waals surface area contributed by atoms with Gasteiger partial charge in [-0.05, 0) is 49.3 Å². The summed E-state index contributed by atoms with van der Waals surface area (Å²) in [5.74, 6) is -1.34. The third-order valence-electron chi connectivity index (χ3n) is 4.11. The summed E-state index contributed by atoms with van der Waals surface area (Å²) in [7, 11) is 0. The lowest BCUT2D eigenvalue weighted by atomic mass is 9.70. The van der Waals surface area contributed by atoms with Crippen molar-refractivity contribution in [1.82, 2.24) is 0 Å². The SMILES string of the molecule is CC1CCC(O)(C(C(=O)O)c2cccc(Cl)c2)CC1. The summed E-state index contributed by atoms with van der Waals surface area (Å²) >= 11 is 5.93. The van der Waals surface area contributed by atoms with Crippen molar-refractivity contribution >= 4 is 17.6 Å². The van der Waals surface area contributed by atoms with Crippen molar-refractivity contribution in [2.75, 3.05) is 0 Å². The van der Waals surface area contributed by atoms with Crippen LogP contribution in [0.2, 0.25) is 5.02 Å². The molecule has 0 bridgehead atoms. The molecular formula is C15H19ClO3. The molecule has 1 aliphatic rings. The fourth-order valence-electron chi connectivity index (χ4n) is 2.92. The molecule has 1 aromatic carbocycles. The Balaban J connectivity index is 2.33. The first-order valence-corrected chi connectivity index (χ1v) is 7.01. The fraction of sp³-hybridized carbons (Fsp3) is 0.533. The molecule has 2 N–H and O–H groups in total. The van der Waals surface area contributed by atoms with E-state index in [-0.39, 0.29) is 0 Å². The predicted molar refractivity (Wildman–Crippen MR) is 74.4 cm³/mol. The first-order chi connectivity index (χ1) is 8.92. The second kappa shape index (κ2) is 5.51. The average Bonchev–Trinajstić information content (AvgIpc) is 2.33. The molecule has 104 valence electrons. The van der Waals surface area contributed by atoms with Crippen LogP contribution in [-0.4, -0.2) is 21.8 Å². The number of carboxylic acids is 1. The number of benzene rings is 1. The summed E-state index contributed by atoms with van der Waals surface area (Å²) in [5.41, 5.74) is -0.583. The van der Waals surface area contributed by atoms with Crippen LogP contribution in [0.4, 0.5) is 0 Å². The first-order valence-electron chi connectivity index (χ1n) is 6.63. The summed E-state index contributed by atoms with van der Waals surface area (Å²) in [6.07, 6.45) is 2.77. The van der Waals surface area contributed by atoms with Crippen molar-refractivity contribution in [3.63, 3.8) is 0 Å². The van der Waals surface area contributed by atoms with Gasteiger partial charge in [0.2, 0.25) is 0 Å². The van der Waals surface area contributed by atoms with E-state index >= 15 is 0 Å². The summed E-state index contributed by atoms with van der Waals surface area (Å²) in [4.78, 5) is 11.6. The third-order valence-corrected chi connectivity index (χ3v) is 4.34. The normalized spacial score (nSPS) is 28.9. The van der Waals surface area contributed by atoms with Gasteiger partial charge in [0, 0.05) is 5.02 Å². The summed E-state index contributed by atoms with van der Waals surface area (Å²) in [6.45, 7) is 2.13. The second-order valence-corrected chi connectivity index (χ2v) is 6.05. The number of carboxylic acid groups (broad SMARTS) is 1. The van der Waals surface area contributed by atoms with Crippen LogP contribution in [0.3, 0.4) is 0 Å². The van der Waals surface area contributed by atoms with Crippen LogP contribution in [0.25, 0.3) is 0 Å². The highest BCUT2D eigenvalue weighted by atomic mass is 35.5. The second-order valence-electron chi connectivity index (χ2n) is 5.61. The van der Waals surface area contributed by atoms with Crippen LogP contribution < -0.4 is 0 Å². The molecule has 0 aliphatic heterocycles. The van der Waals surface area contributed by atoms with Gasteiger partial charge in [-0.15, -0.1) is 0 Å². The van der Waals surface area contributed by atoms with Crippen molar-refractivity contribution < 1.29 is 15.0 Å². The molecule has 1 saturated carbocycles. The van der Waals surface area contributed by atoms with Crippen LogP contribution in [0.15, 0.2) is 24.3 Å². The Morgan fingerprint density at radius 3 is 2.58 bits per heavy atom. The highest BCUT2D eigenvalue weighted by Crippen LogP contribution is 2.42. The van der Waals surface area contributed by atoms with Gasteiger partial charge < -0.3 is 10.2 Å². The van der Waals surface area contributed by atoms with E-state index in [1.807, 2.05) is 0 Å². The Hall–Kier alpha value is -1.06. The zero-order valence-electron chi connectivity index (χ0n) is 11.0. The molecule has 19 heavy (non-hydrogen) atoms. The topological polar surface area (TPSA) is 57.5 Å². The monoisotopic (exact) mass is 282 g/mol. The van der Waals surface area contributed by atoms with Crippen molar-refractivity contribution in [3.05, 3.63) is 34.9 Å². The van der Waals surface area contributed by atoms with E-state index in [1.54, 1.807) is 24.3 Å². The standard InChI is InChI=1S/C15H19ClO3/c1-10-5-7-15(19,8-6-10)13(14(17)18)11-3-2-4-12(16)9-11/h2-4,9-10,13,19H,5-8H2,1H3,(H,17,18). The molecule has 0 spiro atoms. The summed E-state index contributed by atoms with van der Waals surface area (Å²) in [5, 5.41) is 20.7. The molecule has 0 saturated heterocycles. The first kappa shape index (κ1) is 14.4. The lowest BCUT2D eigenvalue weighted by molar-refractivity contribution is -0.148. The Bertz CT molecular complexity index is 464. The van der Waals surface area contributed by atoms with E-state index in [9.17, 15) is 15.0 Å². The predicted octanol–water partition coefficient (Wildman–Crippen LogP) is 3.45. The van der Waals surface area contributed by atoms with Gasteiger partial charge in [-0.1, -0.05) is 30.7 Å². The minimum atomic E-state index is -1.16. The molecule has 0 amide bonds. The Morgan fingerprint density at radius 2 is 2.05 bits per heavy atom. The largest absolute Gasteiger partial charge is 0.481 e. The quantitative estimate of drug-likeness (QED) is 0.893. The van der Waals surface area contributed by atoms with Crippen LogP contribution in [0.5, 0.6) is 0 Å². The fourth-order valence-corrected chi connectivity index (χ4v) is 3.12. The van der Waals surface area contributed by atoms with Crippen LogP contribution in [0.1, 0.15) is 44.1 Å². The van der Waals surface area contributed by atoms with Gasteiger partial charge in [0.05, 0.1) is 5.60 Å². The molecule has 1 aromatic rings. The summed E-state index contributed by atoms with van der Waals surface area (Å²) < 4.78 is 0. The highest BCUT2D eigenvalue weighted by Gasteiger charge is 2.44. The van der Waals surface area contributed by atoms with Gasteiger partial charge in [0.1, 0.15) is 5.92 Å². The zero-order valence-corrected chi connectivity index (χ0v) is 11.7. The minimum absolute atomic E-state index is 0.497. The van der Waals surface area contributed by atoms with E-state index in [2.05, 4.69) is 6.92 Å². The Kier molecular flexibility index (Phi) is 4.16. The van der Waals surface area contributed by atoms with Gasteiger partial charge >= 0.3 is 5.97 Å². The van der Waals surface area contributed by atoms with Crippen LogP contribution >= 0.6 is 11.6 Å². The van der Waals surface area contributed by atoms with E-state index in [1.165, 1.54) is 0 Å². The molecule has 1 unspecified atom stereocenters. The van der Waals surface area contributed by atoms with Gasteiger partial charge in [0.15, 0.2) is 0 Å². The van der Waals surface area contributed by atoms with Crippen molar-refractivity contribution in [1.29, 1.82) is 0 Å². The summed E-state index contributed by atoms with van der Waals surface area (Å²) in [6, 6.07) is 6.79.